The summed E-state index contributed by atoms with van der Waals surface area (Å²) in [5.74, 6) is -0.410. The first-order chi connectivity index (χ1) is 7.13. The molecule has 0 heterocycles. The fraction of sp³-hybridized carbons (Fsp3) is 0.364. The van der Waals surface area contributed by atoms with Crippen molar-refractivity contribution < 1.29 is 14.6 Å². The zero-order chi connectivity index (χ0) is 11.3. The minimum atomic E-state index is -0.938. The predicted octanol–water partition coefficient (Wildman–Crippen LogP) is 2.97. The number of carboxylic acids is 1. The highest BCUT2D eigenvalue weighted by Crippen LogP contribution is 2.18. The SMILES string of the molecule is CCCC(Oc1ccc(Cl)cc1)C(=O)O. The van der Waals surface area contributed by atoms with Crippen LogP contribution in [0.2, 0.25) is 5.02 Å². The van der Waals surface area contributed by atoms with E-state index in [1.54, 1.807) is 24.3 Å². The molecule has 82 valence electrons. The second-order valence-corrected chi connectivity index (χ2v) is 3.62. The summed E-state index contributed by atoms with van der Waals surface area (Å²) in [5.41, 5.74) is 0. The minimum absolute atomic E-state index is 0.498. The summed E-state index contributed by atoms with van der Waals surface area (Å²) < 4.78 is 5.31. The Labute approximate surface area is 93.6 Å². The fourth-order valence-electron chi connectivity index (χ4n) is 1.17. The molecule has 0 aliphatic rings. The van der Waals surface area contributed by atoms with Gasteiger partial charge in [-0.1, -0.05) is 24.9 Å². The van der Waals surface area contributed by atoms with Crippen molar-refractivity contribution in [2.75, 3.05) is 0 Å². The molecule has 15 heavy (non-hydrogen) atoms. The average Bonchev–Trinajstić information content (AvgIpc) is 2.20. The molecule has 3 nitrogen and oxygen atoms in total. The molecule has 1 rings (SSSR count). The molecule has 0 fully saturated rings. The first kappa shape index (κ1) is 11.9. The second-order valence-electron chi connectivity index (χ2n) is 3.19. The topological polar surface area (TPSA) is 46.5 Å². The highest BCUT2D eigenvalue weighted by molar-refractivity contribution is 6.30. The molecule has 4 heteroatoms. The van der Waals surface area contributed by atoms with Gasteiger partial charge in [0.25, 0.3) is 0 Å². The molecule has 1 atom stereocenters. The van der Waals surface area contributed by atoms with E-state index in [9.17, 15) is 4.79 Å². The number of aliphatic carboxylic acids is 1. The molecule has 0 saturated carbocycles. The summed E-state index contributed by atoms with van der Waals surface area (Å²) in [4.78, 5) is 10.8. The molecule has 1 aromatic rings. The Bertz CT molecular complexity index is 321. The Morgan fingerprint density at radius 3 is 2.53 bits per heavy atom. The predicted molar refractivity (Wildman–Crippen MR) is 58.4 cm³/mol. The zero-order valence-corrected chi connectivity index (χ0v) is 9.20. The van der Waals surface area contributed by atoms with Gasteiger partial charge in [-0.25, -0.2) is 4.79 Å². The van der Waals surface area contributed by atoms with Gasteiger partial charge in [0, 0.05) is 5.02 Å². The molecular weight excluding hydrogens is 216 g/mol. The molecule has 0 aliphatic heterocycles. The van der Waals surface area contributed by atoms with Gasteiger partial charge >= 0.3 is 5.97 Å². The fourth-order valence-corrected chi connectivity index (χ4v) is 1.30. The largest absolute Gasteiger partial charge is 0.479 e. The molecule has 0 aromatic heterocycles. The Hall–Kier alpha value is -1.22. The maximum atomic E-state index is 10.8. The van der Waals surface area contributed by atoms with E-state index in [4.69, 9.17) is 21.4 Å². The lowest BCUT2D eigenvalue weighted by atomic mass is 10.2. The van der Waals surface area contributed by atoms with Crippen LogP contribution in [0.15, 0.2) is 24.3 Å². The lowest BCUT2D eigenvalue weighted by Crippen LogP contribution is -2.26. The molecule has 0 spiro atoms. The molecule has 1 unspecified atom stereocenters. The van der Waals surface area contributed by atoms with Gasteiger partial charge in [-0.2, -0.15) is 0 Å². The summed E-state index contributed by atoms with van der Waals surface area (Å²) >= 11 is 5.70. The van der Waals surface area contributed by atoms with Crippen molar-refractivity contribution in [2.45, 2.75) is 25.9 Å². The van der Waals surface area contributed by atoms with Crippen LogP contribution in [-0.4, -0.2) is 17.2 Å². The first-order valence-electron chi connectivity index (χ1n) is 4.78. The number of hydrogen-bond acceptors (Lipinski definition) is 2. The summed E-state index contributed by atoms with van der Waals surface area (Å²) in [6.07, 6.45) is 0.485. The van der Waals surface area contributed by atoms with Crippen LogP contribution >= 0.6 is 11.6 Å². The molecule has 1 aromatic carbocycles. The third-order valence-corrected chi connectivity index (χ3v) is 2.17. The van der Waals surface area contributed by atoms with E-state index in [-0.39, 0.29) is 0 Å². The molecule has 0 radical (unpaired) electrons. The Balaban J connectivity index is 2.65. The first-order valence-corrected chi connectivity index (χ1v) is 5.16. The number of benzene rings is 1. The lowest BCUT2D eigenvalue weighted by Gasteiger charge is -2.13. The van der Waals surface area contributed by atoms with E-state index >= 15 is 0 Å². The van der Waals surface area contributed by atoms with E-state index < -0.39 is 12.1 Å². The van der Waals surface area contributed by atoms with Crippen LogP contribution in [0.3, 0.4) is 0 Å². The van der Waals surface area contributed by atoms with Gasteiger partial charge in [0.15, 0.2) is 6.10 Å². The van der Waals surface area contributed by atoms with Crippen molar-refractivity contribution in [3.63, 3.8) is 0 Å². The van der Waals surface area contributed by atoms with Crippen LogP contribution in [0.1, 0.15) is 19.8 Å². The quantitative estimate of drug-likeness (QED) is 0.843. The summed E-state index contributed by atoms with van der Waals surface area (Å²) in [6.45, 7) is 1.92. The highest BCUT2D eigenvalue weighted by Gasteiger charge is 2.17. The molecule has 0 aliphatic carbocycles. The van der Waals surface area contributed by atoms with Crippen molar-refractivity contribution >= 4 is 17.6 Å². The molecule has 0 bridgehead atoms. The number of carbonyl (C=O) groups is 1. The second kappa shape index (κ2) is 5.61. The molecule has 0 amide bonds. The molecule has 0 saturated heterocycles. The van der Waals surface area contributed by atoms with E-state index in [0.29, 0.717) is 17.2 Å². The lowest BCUT2D eigenvalue weighted by molar-refractivity contribution is -0.145. The summed E-state index contributed by atoms with van der Waals surface area (Å²) in [7, 11) is 0. The van der Waals surface area contributed by atoms with Crippen LogP contribution in [0.25, 0.3) is 0 Å². The Kier molecular flexibility index (Phi) is 4.43. The van der Waals surface area contributed by atoms with Crippen molar-refractivity contribution in [1.29, 1.82) is 0 Å². The van der Waals surface area contributed by atoms with Crippen LogP contribution in [-0.2, 0) is 4.79 Å². The maximum Gasteiger partial charge on any atom is 0.344 e. The number of hydrogen-bond donors (Lipinski definition) is 1. The van der Waals surface area contributed by atoms with Crippen molar-refractivity contribution in [3.8, 4) is 5.75 Å². The normalized spacial score (nSPS) is 12.1. The van der Waals surface area contributed by atoms with Gasteiger partial charge in [0.1, 0.15) is 5.75 Å². The summed E-state index contributed by atoms with van der Waals surface area (Å²) in [5, 5.41) is 9.47. The van der Waals surface area contributed by atoms with E-state index in [1.165, 1.54) is 0 Å². The number of carboxylic acid groups (broad SMARTS) is 1. The van der Waals surface area contributed by atoms with Crippen molar-refractivity contribution in [2.24, 2.45) is 0 Å². The van der Waals surface area contributed by atoms with Crippen LogP contribution in [0.4, 0.5) is 0 Å². The van der Waals surface area contributed by atoms with Crippen LogP contribution < -0.4 is 4.74 Å². The smallest absolute Gasteiger partial charge is 0.344 e. The monoisotopic (exact) mass is 228 g/mol. The number of rotatable bonds is 5. The van der Waals surface area contributed by atoms with Crippen LogP contribution in [0.5, 0.6) is 5.75 Å². The summed E-state index contributed by atoms with van der Waals surface area (Å²) in [6, 6.07) is 6.66. The zero-order valence-electron chi connectivity index (χ0n) is 8.44. The minimum Gasteiger partial charge on any atom is -0.479 e. The average molecular weight is 229 g/mol. The number of ether oxygens (including phenoxy) is 1. The van der Waals surface area contributed by atoms with E-state index in [1.807, 2.05) is 6.92 Å². The van der Waals surface area contributed by atoms with Gasteiger partial charge in [-0.15, -0.1) is 0 Å². The van der Waals surface area contributed by atoms with E-state index in [2.05, 4.69) is 0 Å². The molecule has 1 N–H and O–H groups in total. The third-order valence-electron chi connectivity index (χ3n) is 1.92. The van der Waals surface area contributed by atoms with Gasteiger partial charge in [0.2, 0.25) is 0 Å². The highest BCUT2D eigenvalue weighted by atomic mass is 35.5. The van der Waals surface area contributed by atoms with Gasteiger partial charge in [-0.3, -0.25) is 0 Å². The van der Waals surface area contributed by atoms with Crippen LogP contribution in [0, 0.1) is 0 Å². The maximum absolute atomic E-state index is 10.8. The van der Waals surface area contributed by atoms with Gasteiger partial charge in [-0.05, 0) is 30.7 Å². The Morgan fingerprint density at radius 2 is 2.07 bits per heavy atom. The number of halogens is 1. The van der Waals surface area contributed by atoms with E-state index in [0.717, 1.165) is 6.42 Å². The third kappa shape index (κ3) is 3.80. The van der Waals surface area contributed by atoms with Crippen molar-refractivity contribution in [3.05, 3.63) is 29.3 Å². The van der Waals surface area contributed by atoms with Gasteiger partial charge in [0.05, 0.1) is 0 Å². The van der Waals surface area contributed by atoms with Gasteiger partial charge < -0.3 is 9.84 Å². The Morgan fingerprint density at radius 1 is 1.47 bits per heavy atom. The molecular formula is C11H13ClO3. The van der Waals surface area contributed by atoms with Crippen molar-refractivity contribution in [1.82, 2.24) is 0 Å². The standard InChI is InChI=1S/C11H13ClO3/c1-2-3-10(11(13)14)15-9-6-4-8(12)5-7-9/h4-7,10H,2-3H2,1H3,(H,13,14).